The zero-order valence-corrected chi connectivity index (χ0v) is 11.4. The van der Waals surface area contributed by atoms with Crippen molar-refractivity contribution in [2.75, 3.05) is 18.9 Å². The number of carbonyl (C=O) groups is 1. The Morgan fingerprint density at radius 2 is 2.06 bits per heavy atom. The summed E-state index contributed by atoms with van der Waals surface area (Å²) in [7, 11) is 0. The van der Waals surface area contributed by atoms with E-state index < -0.39 is 5.97 Å². The van der Waals surface area contributed by atoms with Crippen LogP contribution >= 0.6 is 0 Å². The molecule has 1 aromatic rings. The normalized spacial score (nSPS) is 10.9. The van der Waals surface area contributed by atoms with E-state index >= 15 is 0 Å². The Morgan fingerprint density at radius 3 is 2.56 bits per heavy atom. The van der Waals surface area contributed by atoms with Gasteiger partial charge in [0.15, 0.2) is 5.69 Å². The van der Waals surface area contributed by atoms with Crippen molar-refractivity contribution in [3.8, 4) is 0 Å². The van der Waals surface area contributed by atoms with Crippen molar-refractivity contribution in [2.24, 2.45) is 0 Å². The fraction of sp³-hybridized carbons (Fsp3) is 0.667. The fourth-order valence-electron chi connectivity index (χ4n) is 1.59. The van der Waals surface area contributed by atoms with Crippen molar-refractivity contribution in [1.82, 2.24) is 9.78 Å². The molecule has 0 bridgehead atoms. The number of carbonyl (C=O) groups excluding carboxylic acids is 1. The molecule has 0 aliphatic rings. The van der Waals surface area contributed by atoms with E-state index in [9.17, 15) is 4.79 Å². The fourth-order valence-corrected chi connectivity index (χ4v) is 1.59. The molecular weight excluding hydrogens is 234 g/mol. The Bertz CT molecular complexity index is 413. The standard InChI is InChI=1S/C12H21N3O3/c1-5-17-7-9-10(12(16)18-6-2)14-15(8(3)4)11(9)13/h8H,5-7,13H2,1-4H3. The first-order valence-corrected chi connectivity index (χ1v) is 6.14. The van der Waals surface area contributed by atoms with Gasteiger partial charge in [0.2, 0.25) is 0 Å². The molecule has 2 N–H and O–H groups in total. The summed E-state index contributed by atoms with van der Waals surface area (Å²) < 4.78 is 11.9. The molecule has 102 valence electrons. The number of anilines is 1. The zero-order valence-electron chi connectivity index (χ0n) is 11.4. The van der Waals surface area contributed by atoms with Crippen molar-refractivity contribution in [3.05, 3.63) is 11.3 Å². The van der Waals surface area contributed by atoms with Crippen LogP contribution in [-0.2, 0) is 16.1 Å². The second-order valence-electron chi connectivity index (χ2n) is 4.11. The lowest BCUT2D eigenvalue weighted by molar-refractivity contribution is 0.0511. The average Bonchev–Trinajstić information content (AvgIpc) is 2.64. The van der Waals surface area contributed by atoms with Crippen LogP contribution in [0.3, 0.4) is 0 Å². The lowest BCUT2D eigenvalue weighted by Gasteiger charge is -2.07. The SMILES string of the molecule is CCOCc1c(C(=O)OCC)nn(C(C)C)c1N. The topological polar surface area (TPSA) is 79.4 Å². The maximum absolute atomic E-state index is 11.8. The summed E-state index contributed by atoms with van der Waals surface area (Å²) in [5, 5.41) is 4.22. The average molecular weight is 255 g/mol. The number of rotatable bonds is 6. The Hall–Kier alpha value is -1.56. The largest absolute Gasteiger partial charge is 0.461 e. The van der Waals surface area contributed by atoms with Crippen molar-refractivity contribution in [3.63, 3.8) is 0 Å². The predicted octanol–water partition coefficient (Wildman–Crippen LogP) is 1.76. The van der Waals surface area contributed by atoms with Gasteiger partial charge in [0.25, 0.3) is 0 Å². The molecule has 0 saturated carbocycles. The highest BCUT2D eigenvalue weighted by atomic mass is 16.5. The Labute approximate surface area is 107 Å². The van der Waals surface area contributed by atoms with Gasteiger partial charge in [-0.15, -0.1) is 0 Å². The van der Waals surface area contributed by atoms with Crippen molar-refractivity contribution >= 4 is 11.8 Å². The van der Waals surface area contributed by atoms with Gasteiger partial charge in [-0.05, 0) is 27.7 Å². The minimum atomic E-state index is -0.460. The van der Waals surface area contributed by atoms with E-state index in [1.54, 1.807) is 11.6 Å². The first kappa shape index (κ1) is 14.5. The number of hydrogen-bond acceptors (Lipinski definition) is 5. The van der Waals surface area contributed by atoms with Gasteiger partial charge < -0.3 is 15.2 Å². The molecule has 0 aliphatic heterocycles. The van der Waals surface area contributed by atoms with Crippen LogP contribution in [0.2, 0.25) is 0 Å². The van der Waals surface area contributed by atoms with Gasteiger partial charge in [-0.1, -0.05) is 0 Å². The Morgan fingerprint density at radius 1 is 1.39 bits per heavy atom. The maximum atomic E-state index is 11.8. The number of nitrogen functional groups attached to an aromatic ring is 1. The summed E-state index contributed by atoms with van der Waals surface area (Å²) in [5.74, 6) is -0.000180. The number of nitrogens with zero attached hydrogens (tertiary/aromatic N) is 2. The third kappa shape index (κ3) is 3.01. The van der Waals surface area contributed by atoms with E-state index in [0.29, 0.717) is 24.6 Å². The van der Waals surface area contributed by atoms with Crippen LogP contribution < -0.4 is 5.73 Å². The van der Waals surface area contributed by atoms with Crippen molar-refractivity contribution in [2.45, 2.75) is 40.3 Å². The molecule has 0 aromatic carbocycles. The first-order valence-electron chi connectivity index (χ1n) is 6.14. The van der Waals surface area contributed by atoms with Gasteiger partial charge in [-0.3, -0.25) is 0 Å². The second-order valence-corrected chi connectivity index (χ2v) is 4.11. The quantitative estimate of drug-likeness (QED) is 0.783. The van der Waals surface area contributed by atoms with Gasteiger partial charge in [0, 0.05) is 12.6 Å². The van der Waals surface area contributed by atoms with E-state index in [4.69, 9.17) is 15.2 Å². The number of ether oxygens (including phenoxy) is 2. The summed E-state index contributed by atoms with van der Waals surface area (Å²) in [6.07, 6.45) is 0. The monoisotopic (exact) mass is 255 g/mol. The van der Waals surface area contributed by atoms with Crippen LogP contribution in [0.25, 0.3) is 0 Å². The molecule has 0 unspecified atom stereocenters. The summed E-state index contributed by atoms with van der Waals surface area (Å²) in [6, 6.07) is 0.0774. The molecule has 0 spiro atoms. The van der Waals surface area contributed by atoms with Crippen molar-refractivity contribution in [1.29, 1.82) is 0 Å². The molecule has 0 saturated heterocycles. The van der Waals surface area contributed by atoms with Gasteiger partial charge in [0.1, 0.15) is 5.82 Å². The number of esters is 1. The van der Waals surface area contributed by atoms with E-state index in [-0.39, 0.29) is 18.3 Å². The third-order valence-corrected chi connectivity index (χ3v) is 2.46. The van der Waals surface area contributed by atoms with E-state index in [0.717, 1.165) is 0 Å². The molecule has 1 rings (SSSR count). The summed E-state index contributed by atoms with van der Waals surface area (Å²) >= 11 is 0. The van der Waals surface area contributed by atoms with Crippen LogP contribution in [0, 0.1) is 0 Å². The minimum absolute atomic E-state index is 0.0774. The molecule has 0 atom stereocenters. The number of aromatic nitrogens is 2. The maximum Gasteiger partial charge on any atom is 0.359 e. The Balaban J connectivity index is 3.13. The molecule has 1 heterocycles. The van der Waals surface area contributed by atoms with Gasteiger partial charge >= 0.3 is 5.97 Å². The molecule has 0 aliphatic carbocycles. The molecule has 1 aromatic heterocycles. The van der Waals surface area contributed by atoms with Gasteiger partial charge in [0.05, 0.1) is 18.8 Å². The lowest BCUT2D eigenvalue weighted by Crippen LogP contribution is -2.10. The molecule has 0 radical (unpaired) electrons. The highest BCUT2D eigenvalue weighted by molar-refractivity contribution is 5.90. The van der Waals surface area contributed by atoms with E-state index in [1.807, 2.05) is 20.8 Å². The second kappa shape index (κ2) is 6.39. The van der Waals surface area contributed by atoms with Crippen LogP contribution in [0.5, 0.6) is 0 Å². The number of hydrogen-bond donors (Lipinski definition) is 1. The molecule has 6 heteroatoms. The highest BCUT2D eigenvalue weighted by Gasteiger charge is 2.23. The molecule has 0 amide bonds. The van der Waals surface area contributed by atoms with Gasteiger partial charge in [-0.2, -0.15) is 5.10 Å². The van der Waals surface area contributed by atoms with Crippen molar-refractivity contribution < 1.29 is 14.3 Å². The third-order valence-electron chi connectivity index (χ3n) is 2.46. The van der Waals surface area contributed by atoms with Crippen LogP contribution in [0.1, 0.15) is 49.8 Å². The lowest BCUT2D eigenvalue weighted by atomic mass is 10.2. The smallest absolute Gasteiger partial charge is 0.359 e. The van der Waals surface area contributed by atoms with E-state index in [1.165, 1.54) is 0 Å². The minimum Gasteiger partial charge on any atom is -0.461 e. The van der Waals surface area contributed by atoms with E-state index in [2.05, 4.69) is 5.10 Å². The van der Waals surface area contributed by atoms with Gasteiger partial charge in [-0.25, -0.2) is 9.48 Å². The van der Waals surface area contributed by atoms with Crippen LogP contribution in [0.15, 0.2) is 0 Å². The Kier molecular flexibility index (Phi) is 5.15. The predicted molar refractivity (Wildman–Crippen MR) is 68.3 cm³/mol. The number of nitrogens with two attached hydrogens (primary N) is 1. The zero-order chi connectivity index (χ0) is 13.7. The van der Waals surface area contributed by atoms with Crippen LogP contribution in [0.4, 0.5) is 5.82 Å². The van der Waals surface area contributed by atoms with Crippen LogP contribution in [-0.4, -0.2) is 29.0 Å². The summed E-state index contributed by atoms with van der Waals surface area (Å²) in [6.45, 7) is 8.65. The first-order chi connectivity index (χ1) is 8.52. The molecule has 0 fully saturated rings. The highest BCUT2D eigenvalue weighted by Crippen LogP contribution is 2.22. The molecular formula is C12H21N3O3. The summed E-state index contributed by atoms with van der Waals surface area (Å²) in [5.41, 5.74) is 6.84. The summed E-state index contributed by atoms with van der Waals surface area (Å²) in [4.78, 5) is 11.8. The molecule has 18 heavy (non-hydrogen) atoms. The molecule has 6 nitrogen and oxygen atoms in total.